The molecule has 128 valence electrons. The molecule has 0 amide bonds. The molecule has 0 fully saturated rings. The highest BCUT2D eigenvalue weighted by molar-refractivity contribution is 9.10. The smallest absolute Gasteiger partial charge is 0.209 e. The first-order valence-electron chi connectivity index (χ1n) is 7.94. The number of pyridine rings is 1. The maximum atomic E-state index is 13.3. The highest BCUT2D eigenvalue weighted by Crippen LogP contribution is 2.31. The van der Waals surface area contributed by atoms with Crippen LogP contribution in [-0.4, -0.2) is 15.3 Å². The van der Waals surface area contributed by atoms with Gasteiger partial charge in [-0.15, -0.1) is 0 Å². The van der Waals surface area contributed by atoms with Crippen molar-refractivity contribution in [3.63, 3.8) is 0 Å². The first-order valence-corrected chi connectivity index (χ1v) is 8.73. The van der Waals surface area contributed by atoms with Gasteiger partial charge in [-0.25, -0.2) is 4.39 Å². The van der Waals surface area contributed by atoms with Crippen molar-refractivity contribution >= 4 is 27.2 Å². The Morgan fingerprint density at radius 3 is 2.50 bits per heavy atom. The summed E-state index contributed by atoms with van der Waals surface area (Å²) in [6.45, 7) is 0. The minimum atomic E-state index is -0.303. The number of aromatic nitrogens is 1. The Kier molecular flexibility index (Phi) is 4.09. The van der Waals surface area contributed by atoms with Crippen molar-refractivity contribution in [3.05, 3.63) is 94.5 Å². The van der Waals surface area contributed by atoms with E-state index in [1.807, 2.05) is 34.9 Å². The predicted molar refractivity (Wildman–Crippen MR) is 102 cm³/mol. The zero-order valence-corrected chi connectivity index (χ0v) is 15.1. The summed E-state index contributed by atoms with van der Waals surface area (Å²) in [6.07, 6.45) is 1.82. The summed E-state index contributed by atoms with van der Waals surface area (Å²) in [5.41, 5.74) is 3.51. The van der Waals surface area contributed by atoms with Crippen LogP contribution in [-0.2, 0) is 0 Å². The zero-order valence-electron chi connectivity index (χ0n) is 13.5. The van der Waals surface area contributed by atoms with Gasteiger partial charge in [0.15, 0.2) is 0 Å². The summed E-state index contributed by atoms with van der Waals surface area (Å²) in [5, 5.41) is 9.65. The number of aromatic hydroxyl groups is 1. The van der Waals surface area contributed by atoms with E-state index in [9.17, 15) is 14.3 Å². The van der Waals surface area contributed by atoms with Crippen molar-refractivity contribution in [3.8, 4) is 16.9 Å². The number of halogens is 2. The second-order valence-electron chi connectivity index (χ2n) is 5.90. The summed E-state index contributed by atoms with van der Waals surface area (Å²) in [7, 11) is 0. The lowest BCUT2D eigenvalue weighted by atomic mass is 10.0. The fraction of sp³-hybridized carbons (Fsp3) is 0. The molecule has 2 heterocycles. The summed E-state index contributed by atoms with van der Waals surface area (Å²) < 4.78 is 15.5. The second-order valence-corrected chi connectivity index (χ2v) is 6.76. The van der Waals surface area contributed by atoms with E-state index in [0.29, 0.717) is 15.7 Å². The van der Waals surface area contributed by atoms with Crippen LogP contribution in [0.3, 0.4) is 0 Å². The van der Waals surface area contributed by atoms with Crippen molar-refractivity contribution in [2.24, 2.45) is 0 Å². The Morgan fingerprint density at radius 2 is 1.77 bits per heavy atom. The highest BCUT2D eigenvalue weighted by atomic mass is 79.9. The first-order chi connectivity index (χ1) is 12.5. The van der Waals surface area contributed by atoms with Crippen molar-refractivity contribution in [1.82, 2.24) is 4.40 Å². The van der Waals surface area contributed by atoms with Crippen LogP contribution in [0.2, 0.25) is 0 Å². The van der Waals surface area contributed by atoms with Crippen molar-refractivity contribution < 1.29 is 14.3 Å². The molecule has 0 aliphatic carbocycles. The first kappa shape index (κ1) is 16.5. The largest absolute Gasteiger partial charge is 0.507 e. The maximum absolute atomic E-state index is 13.3. The van der Waals surface area contributed by atoms with Crippen LogP contribution in [0.5, 0.6) is 5.75 Å². The molecule has 1 N–H and O–H groups in total. The van der Waals surface area contributed by atoms with Crippen LogP contribution in [0.25, 0.3) is 16.6 Å². The highest BCUT2D eigenvalue weighted by Gasteiger charge is 2.18. The lowest BCUT2D eigenvalue weighted by molar-refractivity contribution is 0.103. The van der Waals surface area contributed by atoms with Crippen LogP contribution in [0.1, 0.15) is 16.1 Å². The van der Waals surface area contributed by atoms with Crippen LogP contribution >= 0.6 is 15.9 Å². The molecule has 4 aromatic rings. The summed E-state index contributed by atoms with van der Waals surface area (Å²) in [6, 6.07) is 18.3. The van der Waals surface area contributed by atoms with E-state index in [1.165, 1.54) is 18.2 Å². The number of phenolic OH excluding ortho intramolecular Hbond substituents is 1. The van der Waals surface area contributed by atoms with E-state index in [-0.39, 0.29) is 17.3 Å². The Morgan fingerprint density at radius 1 is 1.00 bits per heavy atom. The molecule has 3 nitrogen and oxygen atoms in total. The van der Waals surface area contributed by atoms with Crippen molar-refractivity contribution in [1.29, 1.82) is 0 Å². The van der Waals surface area contributed by atoms with Crippen LogP contribution < -0.4 is 0 Å². The third-order valence-electron chi connectivity index (χ3n) is 4.27. The number of rotatable bonds is 3. The molecule has 2 aromatic heterocycles. The Hall–Kier alpha value is -2.92. The molecule has 0 unspecified atom stereocenters. The molecule has 0 radical (unpaired) electrons. The van der Waals surface area contributed by atoms with Gasteiger partial charge in [0.2, 0.25) is 5.78 Å². The average molecular weight is 410 g/mol. The van der Waals surface area contributed by atoms with Gasteiger partial charge in [0.25, 0.3) is 0 Å². The fourth-order valence-corrected chi connectivity index (χ4v) is 3.36. The van der Waals surface area contributed by atoms with Gasteiger partial charge < -0.3 is 9.51 Å². The van der Waals surface area contributed by atoms with Gasteiger partial charge in [-0.3, -0.25) is 4.79 Å². The minimum absolute atomic E-state index is 0.0774. The number of fused-ring (bicyclic) bond motifs is 1. The predicted octanol–water partition coefficient (Wildman–Crippen LogP) is 5.44. The van der Waals surface area contributed by atoms with Gasteiger partial charge in [-0.2, -0.15) is 0 Å². The average Bonchev–Trinajstić information content (AvgIpc) is 3.04. The molecule has 4 rings (SSSR count). The van der Waals surface area contributed by atoms with Gasteiger partial charge in [-0.1, -0.05) is 18.2 Å². The normalized spacial score (nSPS) is 11.0. The van der Waals surface area contributed by atoms with E-state index in [2.05, 4.69) is 15.9 Å². The standard InChI is InChI=1S/C21H13BrFNO2/c22-17-11-14(6-9-20(17)25)21(26)19-12-16(13-4-7-15(23)8-5-13)18-3-1-2-10-24(18)19/h1-12,25H. The molecule has 5 heteroatoms. The van der Waals surface area contributed by atoms with Gasteiger partial charge in [0.1, 0.15) is 11.6 Å². The number of nitrogens with zero attached hydrogens (tertiary/aromatic N) is 1. The summed E-state index contributed by atoms with van der Waals surface area (Å²) in [4.78, 5) is 13.0. The minimum Gasteiger partial charge on any atom is -0.507 e. The van der Waals surface area contributed by atoms with Gasteiger partial charge in [0.05, 0.1) is 15.7 Å². The summed E-state index contributed by atoms with van der Waals surface area (Å²) in [5.74, 6) is -0.392. The molecular formula is C21H13BrFNO2. The number of benzene rings is 2. The fourth-order valence-electron chi connectivity index (χ4n) is 2.98. The number of hydrogen-bond acceptors (Lipinski definition) is 2. The molecule has 0 aliphatic heterocycles. The third-order valence-corrected chi connectivity index (χ3v) is 4.91. The number of ketones is 1. The second kappa shape index (κ2) is 6.42. The van der Waals surface area contributed by atoms with Gasteiger partial charge in [0, 0.05) is 17.3 Å². The third kappa shape index (κ3) is 2.80. The number of carbonyl (C=O) groups is 1. The molecule has 0 atom stereocenters. The molecule has 0 spiro atoms. The Bertz CT molecular complexity index is 1130. The SMILES string of the molecule is O=C(c1ccc(O)c(Br)c1)c1cc(-c2ccc(F)cc2)c2ccccn12. The molecular weight excluding hydrogens is 397 g/mol. The van der Waals surface area contributed by atoms with E-state index < -0.39 is 0 Å². The molecule has 2 aromatic carbocycles. The summed E-state index contributed by atoms with van der Waals surface area (Å²) >= 11 is 3.24. The van der Waals surface area contributed by atoms with E-state index in [4.69, 9.17) is 0 Å². The number of carbonyl (C=O) groups excluding carboxylic acids is 1. The zero-order chi connectivity index (χ0) is 18.3. The molecule has 0 bridgehead atoms. The monoisotopic (exact) mass is 409 g/mol. The Labute approximate surface area is 157 Å². The van der Waals surface area contributed by atoms with Gasteiger partial charge >= 0.3 is 0 Å². The van der Waals surface area contributed by atoms with Crippen LogP contribution in [0, 0.1) is 5.82 Å². The van der Waals surface area contributed by atoms with Crippen molar-refractivity contribution in [2.45, 2.75) is 0 Å². The van der Waals surface area contributed by atoms with Crippen LogP contribution in [0.15, 0.2) is 77.4 Å². The number of phenols is 1. The lowest BCUT2D eigenvalue weighted by Gasteiger charge is -2.04. The number of hydrogen-bond donors (Lipinski definition) is 1. The maximum Gasteiger partial charge on any atom is 0.209 e. The lowest BCUT2D eigenvalue weighted by Crippen LogP contribution is -2.04. The molecule has 0 aliphatic rings. The Balaban J connectivity index is 1.89. The molecule has 0 saturated heterocycles. The van der Waals surface area contributed by atoms with E-state index in [1.54, 1.807) is 24.3 Å². The molecule has 0 saturated carbocycles. The topological polar surface area (TPSA) is 41.7 Å². The van der Waals surface area contributed by atoms with E-state index in [0.717, 1.165) is 16.6 Å². The van der Waals surface area contributed by atoms with E-state index >= 15 is 0 Å². The van der Waals surface area contributed by atoms with Gasteiger partial charge in [-0.05, 0) is 70.0 Å². The molecule has 26 heavy (non-hydrogen) atoms. The van der Waals surface area contributed by atoms with Crippen LogP contribution in [0.4, 0.5) is 4.39 Å². The van der Waals surface area contributed by atoms with Crippen molar-refractivity contribution in [2.75, 3.05) is 0 Å². The quantitative estimate of drug-likeness (QED) is 0.457.